The lowest BCUT2D eigenvalue weighted by Crippen LogP contribution is -2.70. The smallest absolute Gasteiger partial charge is 0.336 e. The van der Waals surface area contributed by atoms with Gasteiger partial charge in [-0.25, -0.2) is 9.59 Å². The van der Waals surface area contributed by atoms with E-state index in [0.29, 0.717) is 37.7 Å². The summed E-state index contributed by atoms with van der Waals surface area (Å²) in [6, 6.07) is 0. The van der Waals surface area contributed by atoms with Crippen molar-refractivity contribution in [2.75, 3.05) is 52.9 Å². The van der Waals surface area contributed by atoms with Crippen LogP contribution >= 0.6 is 0 Å². The van der Waals surface area contributed by atoms with Gasteiger partial charge in [0.1, 0.15) is 164 Å². The van der Waals surface area contributed by atoms with Crippen LogP contribution in [-0.4, -0.2) is 455 Å². The van der Waals surface area contributed by atoms with Gasteiger partial charge in [0.05, 0.1) is 99.6 Å². The molecule has 12 fully saturated rings. The highest BCUT2D eigenvalue weighted by Crippen LogP contribution is 2.76. The van der Waals surface area contributed by atoms with Crippen LogP contribution in [0.1, 0.15) is 153 Å². The van der Waals surface area contributed by atoms with Crippen molar-refractivity contribution in [2.45, 2.75) is 410 Å². The highest BCUT2D eigenvalue weighted by Gasteiger charge is 2.74. The number of rotatable bonds is 34. The van der Waals surface area contributed by atoms with Gasteiger partial charge in [0, 0.05) is 11.8 Å². The predicted molar refractivity (Wildman–Crippen MR) is 473 cm³/mol. The molecule has 8 saturated heterocycles. The summed E-state index contributed by atoms with van der Waals surface area (Å²) in [5.74, 6) is -4.90. The van der Waals surface area contributed by atoms with Crippen molar-refractivity contribution in [3.8, 4) is 0 Å². The number of ether oxygens (including phenoxy) is 18. The van der Waals surface area contributed by atoms with Gasteiger partial charge >= 0.3 is 17.9 Å². The van der Waals surface area contributed by atoms with Crippen molar-refractivity contribution < 1.29 is 227 Å². The van der Waals surface area contributed by atoms with E-state index in [2.05, 4.69) is 33.1 Å². The molecule has 13 aliphatic rings. The van der Waals surface area contributed by atoms with Crippen LogP contribution in [0.3, 0.4) is 0 Å². The van der Waals surface area contributed by atoms with Crippen LogP contribution in [0.2, 0.25) is 0 Å². The molecular weight excluding hydrogens is 1880 g/mol. The standard InChI is InChI=1S/C95H150O46/c1-14-90(9,123)24-16-18-42(32-97)78(121)135-73-56(104)39(3)127-84(70(73)118)141-91(10,15-2)25-17-19-41(31-96)77(120)133-55-30-95(87(122)140-86-76(65(113)60(108)48(34-99)131-86)139-83-71(119)74(137-82-69(117)63(111)59(107)47(33-98)129-82)72(40(4)128-83)136-81-67(115)61(109)49(35-100)130-81)44(28-88(55,5)6)43-20-21-52-92(11)26-23-54(89(7,8)51(92)22-27-93(52,12)94(43,13)29-53(95)103)134-80-68(116)64(112)62(110)50(132-80)38-126-85-75(58(106)46(102)37-125-85)138-79-66(114)57(105)45(101)36-124-79/h14-15,18-20,39-40,44-76,79-86,96-119,123H,1-2,16-17,21-38H2,3-13H3. The van der Waals surface area contributed by atoms with Crippen LogP contribution in [0, 0.1) is 50.2 Å². The molecule has 0 amide bonds. The molecule has 0 radical (unpaired) electrons. The molecule has 25 N–H and O–H groups in total. The first-order valence-electron chi connectivity index (χ1n) is 48.6. The van der Waals surface area contributed by atoms with Crippen molar-refractivity contribution in [1.29, 1.82) is 0 Å². The Morgan fingerprint density at radius 3 is 1.54 bits per heavy atom. The molecule has 13 rings (SSSR count). The Kier molecular flexibility index (Phi) is 36.2. The Labute approximate surface area is 815 Å². The van der Waals surface area contributed by atoms with Gasteiger partial charge in [-0.1, -0.05) is 84.4 Å². The SMILES string of the molecule is C=CC(C)(O)CCC=C(CO)C(=O)OC1C(O)C(C)OC(OC(C)(C=C)CCC=C(CO)C(=O)OC2CC3(C(=O)OC4OC(CO)C(O)C(O)C4OC4OC(C)C(OC5OC(CO)C(O)C5O)C(OC5OC(CO)C(O)C(O)C5O)C4O)C(O)CC4(C)C(=CCC5C6(C)CCC(OC7OC(COC8OCC(O)C(O)C8OC8OCC(O)C(O)C8O)C(O)C(O)C7O)C(C)(C)C6CCC54C)C3CC2(C)C)C1O. The van der Waals surface area contributed by atoms with Crippen LogP contribution in [-0.2, 0) is 99.6 Å². The van der Waals surface area contributed by atoms with E-state index in [0.717, 1.165) is 0 Å². The lowest BCUT2D eigenvalue weighted by Gasteiger charge is -2.72. The second-order valence-electron chi connectivity index (χ2n) is 43.0. The maximum atomic E-state index is 16.8. The molecule has 806 valence electrons. The van der Waals surface area contributed by atoms with E-state index in [1.165, 1.54) is 45.1 Å². The fourth-order valence-electron chi connectivity index (χ4n) is 24.0. The summed E-state index contributed by atoms with van der Waals surface area (Å²) in [6.45, 7) is 21.3. The number of esters is 3. The highest BCUT2D eigenvalue weighted by atomic mass is 16.8. The molecule has 0 aromatic carbocycles. The molecule has 4 saturated carbocycles. The number of carbonyl (C=O) groups excluding carboxylic acids is 3. The van der Waals surface area contributed by atoms with Crippen molar-refractivity contribution in [3.63, 3.8) is 0 Å². The molecule has 8 aliphatic heterocycles. The fourth-order valence-corrected chi connectivity index (χ4v) is 24.0. The molecule has 49 atom stereocenters. The fraction of sp³-hybridized carbons (Fsp3) is 0.863. The summed E-state index contributed by atoms with van der Waals surface area (Å²) in [5.41, 5.74) is -9.17. The zero-order valence-electron chi connectivity index (χ0n) is 81.0. The number of hydrogen-bond acceptors (Lipinski definition) is 46. The number of allylic oxidation sites excluding steroid dienone is 4. The molecule has 46 nitrogen and oxygen atoms in total. The minimum absolute atomic E-state index is 0.0661. The molecule has 0 aromatic heterocycles. The Morgan fingerprint density at radius 1 is 0.454 bits per heavy atom. The quantitative estimate of drug-likeness (QED) is 0.00937. The summed E-state index contributed by atoms with van der Waals surface area (Å²) in [7, 11) is 0. The van der Waals surface area contributed by atoms with E-state index in [4.69, 9.17) is 85.3 Å². The van der Waals surface area contributed by atoms with E-state index in [-0.39, 0.29) is 61.5 Å². The minimum Gasteiger partial charge on any atom is -0.458 e. The second kappa shape index (κ2) is 45.0. The molecule has 0 bridgehead atoms. The molecule has 5 aliphatic carbocycles. The van der Waals surface area contributed by atoms with Crippen molar-refractivity contribution >= 4 is 17.9 Å². The van der Waals surface area contributed by atoms with Crippen LogP contribution < -0.4 is 0 Å². The van der Waals surface area contributed by atoms with E-state index in [1.54, 1.807) is 20.8 Å². The third-order valence-electron chi connectivity index (χ3n) is 33.2. The summed E-state index contributed by atoms with van der Waals surface area (Å²) >= 11 is 0. The lowest BCUT2D eigenvalue weighted by molar-refractivity contribution is -0.390. The summed E-state index contributed by atoms with van der Waals surface area (Å²) in [5, 5.41) is 279. The third-order valence-corrected chi connectivity index (χ3v) is 33.2. The highest BCUT2D eigenvalue weighted by molar-refractivity contribution is 5.89. The first-order chi connectivity index (χ1) is 66.1. The van der Waals surface area contributed by atoms with Crippen molar-refractivity contribution in [1.82, 2.24) is 0 Å². The Balaban J connectivity index is 0.783. The first-order valence-corrected chi connectivity index (χ1v) is 48.6. The molecular formula is C95H150O46. The Morgan fingerprint density at radius 2 is 0.943 bits per heavy atom. The van der Waals surface area contributed by atoms with Gasteiger partial charge < -0.3 is 213 Å². The minimum atomic E-state index is -2.29. The summed E-state index contributed by atoms with van der Waals surface area (Å²) in [6.07, 6.45) is -61.4. The van der Waals surface area contributed by atoms with Gasteiger partial charge in [0.15, 0.2) is 56.2 Å². The zero-order chi connectivity index (χ0) is 104. The van der Waals surface area contributed by atoms with Crippen molar-refractivity contribution in [2.24, 2.45) is 50.2 Å². The third kappa shape index (κ3) is 22.1. The Bertz CT molecular complexity index is 4310. The molecule has 8 heterocycles. The van der Waals surface area contributed by atoms with E-state index in [9.17, 15) is 132 Å². The molecule has 46 heteroatoms. The summed E-state index contributed by atoms with van der Waals surface area (Å²) < 4.78 is 109. The normalized spacial score (nSPS) is 48.2. The van der Waals surface area contributed by atoms with E-state index >= 15 is 9.59 Å². The molecule has 0 spiro atoms. The van der Waals surface area contributed by atoms with E-state index in [1.807, 2.05) is 20.8 Å². The second-order valence-corrected chi connectivity index (χ2v) is 43.0. The zero-order valence-corrected chi connectivity index (χ0v) is 81.0. The van der Waals surface area contributed by atoms with Crippen LogP contribution in [0.25, 0.3) is 0 Å². The van der Waals surface area contributed by atoms with Gasteiger partial charge in [0.2, 0.25) is 6.29 Å². The van der Waals surface area contributed by atoms with Gasteiger partial charge in [-0.15, -0.1) is 13.2 Å². The van der Waals surface area contributed by atoms with E-state index < -0.39 is 372 Å². The summed E-state index contributed by atoms with van der Waals surface area (Å²) in [4.78, 5) is 45.4. The molecule has 0 aromatic rings. The average molecular weight is 2030 g/mol. The Hall–Kier alpha value is -4.49. The predicted octanol–water partition coefficient (Wildman–Crippen LogP) is -6.45. The molecule has 49 unspecified atom stereocenters. The first kappa shape index (κ1) is 114. The molecule has 141 heavy (non-hydrogen) atoms. The largest absolute Gasteiger partial charge is 0.458 e. The number of carbonyl (C=O) groups is 3. The average Bonchev–Trinajstić information content (AvgIpc) is 0.729. The topological polar surface area (TPSA) is 723 Å². The van der Waals surface area contributed by atoms with Gasteiger partial charge in [-0.05, 0) is 138 Å². The maximum Gasteiger partial charge on any atom is 0.336 e. The number of aliphatic hydroxyl groups excluding tert-OH is 24. The number of aliphatic hydroxyl groups is 25. The van der Waals surface area contributed by atoms with Crippen LogP contribution in [0.5, 0.6) is 0 Å². The van der Waals surface area contributed by atoms with Crippen molar-refractivity contribution in [3.05, 3.63) is 60.3 Å². The maximum absolute atomic E-state index is 16.8. The van der Waals surface area contributed by atoms with Gasteiger partial charge in [0.25, 0.3) is 0 Å². The number of hydrogen-bond donors (Lipinski definition) is 25. The van der Waals surface area contributed by atoms with Gasteiger partial charge in [-0.3, -0.25) is 4.79 Å². The lowest BCUT2D eigenvalue weighted by atomic mass is 9.33. The van der Waals surface area contributed by atoms with Crippen LogP contribution in [0.4, 0.5) is 0 Å². The van der Waals surface area contributed by atoms with Gasteiger partial charge in [-0.2, -0.15) is 0 Å². The van der Waals surface area contributed by atoms with Crippen LogP contribution in [0.15, 0.2) is 60.3 Å². The number of fused-ring (bicyclic) bond motifs is 7. The monoisotopic (exact) mass is 2030 g/mol.